The lowest BCUT2D eigenvalue weighted by molar-refractivity contribution is -0.121. The van der Waals surface area contributed by atoms with Gasteiger partial charge in [0.05, 0.1) is 5.54 Å². The van der Waals surface area contributed by atoms with Crippen LogP contribution in [0.5, 0.6) is 0 Å². The highest BCUT2D eigenvalue weighted by Gasteiger charge is 2.29. The van der Waals surface area contributed by atoms with E-state index < -0.39 is 5.54 Å². The third kappa shape index (κ3) is 3.54. The Hall–Kier alpha value is -0.870. The molecule has 0 bridgehead atoms. The molecule has 0 unspecified atom stereocenters. The van der Waals surface area contributed by atoms with Gasteiger partial charge in [-0.1, -0.05) is 29.8 Å². The summed E-state index contributed by atoms with van der Waals surface area (Å²) in [6.07, 6.45) is 1.25. The van der Waals surface area contributed by atoms with Crippen LogP contribution in [0.2, 0.25) is 0 Å². The number of anilines is 1. The second-order valence-electron chi connectivity index (χ2n) is 4.33. The largest absolute Gasteiger partial charge is 0.324 e. The maximum Gasteiger partial charge on any atom is 0.244 e. The Morgan fingerprint density at radius 3 is 2.41 bits per heavy atom. The van der Waals surface area contributed by atoms with E-state index in [1.165, 1.54) is 0 Å². The average Bonchev–Trinajstić information content (AvgIpc) is 2.26. The maximum atomic E-state index is 12.1. The Morgan fingerprint density at radius 2 is 1.94 bits per heavy atom. The summed E-state index contributed by atoms with van der Waals surface area (Å²) in [5.41, 5.74) is 7.12. The van der Waals surface area contributed by atoms with Crippen LogP contribution >= 0.6 is 15.9 Å². The summed E-state index contributed by atoms with van der Waals surface area (Å²) >= 11 is 3.40. The summed E-state index contributed by atoms with van der Waals surface area (Å²) in [6.45, 7) is 5.83. The summed E-state index contributed by atoms with van der Waals surface area (Å²) in [7, 11) is 0. The van der Waals surface area contributed by atoms with Crippen LogP contribution in [0.15, 0.2) is 22.7 Å². The molecule has 1 amide bonds. The molecule has 0 spiro atoms. The van der Waals surface area contributed by atoms with Gasteiger partial charge in [0.2, 0.25) is 5.91 Å². The van der Waals surface area contributed by atoms with E-state index in [4.69, 9.17) is 5.73 Å². The van der Waals surface area contributed by atoms with Crippen LogP contribution in [0.25, 0.3) is 0 Å². The molecule has 1 rings (SSSR count). The highest BCUT2D eigenvalue weighted by Crippen LogP contribution is 2.21. The minimum atomic E-state index is -0.782. The molecule has 0 saturated heterocycles. The molecule has 0 atom stereocenters. The molecule has 0 heterocycles. The first-order chi connectivity index (χ1) is 7.91. The van der Waals surface area contributed by atoms with Crippen LogP contribution in [0, 0.1) is 6.92 Å². The van der Waals surface area contributed by atoms with Gasteiger partial charge in [0.25, 0.3) is 0 Å². The predicted molar refractivity (Wildman–Crippen MR) is 75.0 cm³/mol. The van der Waals surface area contributed by atoms with Gasteiger partial charge in [-0.15, -0.1) is 0 Å². The van der Waals surface area contributed by atoms with Crippen LogP contribution in [0.3, 0.4) is 0 Å². The summed E-state index contributed by atoms with van der Waals surface area (Å²) in [4.78, 5) is 12.1. The number of hydrogen-bond donors (Lipinski definition) is 2. The zero-order valence-electron chi connectivity index (χ0n) is 10.5. The molecule has 0 fully saturated rings. The van der Waals surface area contributed by atoms with Crippen LogP contribution < -0.4 is 11.1 Å². The Morgan fingerprint density at radius 1 is 1.35 bits per heavy atom. The van der Waals surface area contributed by atoms with Crippen molar-refractivity contribution in [2.75, 3.05) is 5.32 Å². The van der Waals surface area contributed by atoms with E-state index in [-0.39, 0.29) is 5.91 Å². The standard InChI is InChI=1S/C13H19BrN2O/c1-4-13(15,5-2)12(17)16-11-7-9(3)6-10(14)8-11/h6-8H,4-5,15H2,1-3H3,(H,16,17). The predicted octanol–water partition coefficient (Wildman–Crippen LogP) is 3.21. The number of amides is 1. The van der Waals surface area contributed by atoms with Crippen LogP contribution in [0.1, 0.15) is 32.3 Å². The molecule has 4 heteroatoms. The minimum absolute atomic E-state index is 0.125. The van der Waals surface area contributed by atoms with Crippen molar-refractivity contribution in [2.45, 2.75) is 39.2 Å². The fourth-order valence-electron chi connectivity index (χ4n) is 1.64. The molecule has 0 aromatic heterocycles. The average molecular weight is 299 g/mol. The molecule has 0 saturated carbocycles. The number of hydrogen-bond acceptors (Lipinski definition) is 2. The third-order valence-electron chi connectivity index (χ3n) is 3.01. The van der Waals surface area contributed by atoms with Crippen molar-refractivity contribution in [2.24, 2.45) is 5.73 Å². The van der Waals surface area contributed by atoms with Crippen LogP contribution in [-0.4, -0.2) is 11.4 Å². The van der Waals surface area contributed by atoms with Crippen molar-refractivity contribution in [1.29, 1.82) is 0 Å². The summed E-state index contributed by atoms with van der Waals surface area (Å²) in [5.74, 6) is -0.125. The first kappa shape index (κ1) is 14.2. The van der Waals surface area contributed by atoms with E-state index in [1.807, 2.05) is 39.0 Å². The van der Waals surface area contributed by atoms with Crippen molar-refractivity contribution in [3.63, 3.8) is 0 Å². The lowest BCUT2D eigenvalue weighted by Gasteiger charge is -2.25. The molecule has 0 radical (unpaired) electrons. The topological polar surface area (TPSA) is 55.1 Å². The van der Waals surface area contributed by atoms with Gasteiger partial charge in [-0.25, -0.2) is 0 Å². The highest BCUT2D eigenvalue weighted by molar-refractivity contribution is 9.10. The number of nitrogens with one attached hydrogen (secondary N) is 1. The Kier molecular flexibility index (Phi) is 4.71. The molecule has 3 N–H and O–H groups in total. The lowest BCUT2D eigenvalue weighted by atomic mass is 9.93. The van der Waals surface area contributed by atoms with Gasteiger partial charge >= 0.3 is 0 Å². The van der Waals surface area contributed by atoms with Gasteiger partial charge in [-0.3, -0.25) is 4.79 Å². The zero-order valence-corrected chi connectivity index (χ0v) is 12.1. The van der Waals surface area contributed by atoms with Crippen molar-refractivity contribution in [1.82, 2.24) is 0 Å². The van der Waals surface area contributed by atoms with Gasteiger partial charge in [0.15, 0.2) is 0 Å². The molecular weight excluding hydrogens is 280 g/mol. The van der Waals surface area contributed by atoms with Crippen LogP contribution in [-0.2, 0) is 4.79 Å². The summed E-state index contributed by atoms with van der Waals surface area (Å²) in [5, 5.41) is 2.87. The molecule has 3 nitrogen and oxygen atoms in total. The summed E-state index contributed by atoms with van der Waals surface area (Å²) < 4.78 is 0.948. The molecular formula is C13H19BrN2O. The fourth-order valence-corrected chi connectivity index (χ4v) is 2.24. The number of carbonyl (C=O) groups excluding carboxylic acids is 1. The van der Waals surface area contributed by atoms with Gasteiger partial charge in [0.1, 0.15) is 0 Å². The van der Waals surface area contributed by atoms with E-state index >= 15 is 0 Å². The first-order valence-electron chi connectivity index (χ1n) is 5.79. The highest BCUT2D eigenvalue weighted by atomic mass is 79.9. The molecule has 1 aromatic carbocycles. The molecule has 17 heavy (non-hydrogen) atoms. The molecule has 1 aromatic rings. The molecule has 0 aliphatic heterocycles. The van der Waals surface area contributed by atoms with E-state index in [1.54, 1.807) is 0 Å². The normalized spacial score (nSPS) is 11.4. The van der Waals surface area contributed by atoms with Crippen molar-refractivity contribution in [3.8, 4) is 0 Å². The molecule has 94 valence electrons. The number of carbonyl (C=O) groups is 1. The summed E-state index contributed by atoms with van der Waals surface area (Å²) in [6, 6.07) is 5.79. The number of benzene rings is 1. The van der Waals surface area contributed by atoms with E-state index in [0.29, 0.717) is 12.8 Å². The van der Waals surface area contributed by atoms with Gasteiger partial charge < -0.3 is 11.1 Å². The number of nitrogens with two attached hydrogens (primary N) is 1. The van der Waals surface area contributed by atoms with Gasteiger partial charge in [-0.05, 0) is 43.5 Å². The Labute approximate surface area is 111 Å². The molecule has 0 aliphatic rings. The quantitative estimate of drug-likeness (QED) is 0.897. The number of aryl methyl sites for hydroxylation is 1. The fraction of sp³-hybridized carbons (Fsp3) is 0.462. The molecule has 0 aliphatic carbocycles. The van der Waals surface area contributed by atoms with Crippen LogP contribution in [0.4, 0.5) is 5.69 Å². The minimum Gasteiger partial charge on any atom is -0.324 e. The zero-order chi connectivity index (χ0) is 13.1. The van der Waals surface area contributed by atoms with Gasteiger partial charge in [-0.2, -0.15) is 0 Å². The van der Waals surface area contributed by atoms with Gasteiger partial charge in [0, 0.05) is 10.2 Å². The monoisotopic (exact) mass is 298 g/mol. The smallest absolute Gasteiger partial charge is 0.244 e. The first-order valence-corrected chi connectivity index (χ1v) is 6.58. The van der Waals surface area contributed by atoms with Crippen molar-refractivity contribution < 1.29 is 4.79 Å². The Balaban J connectivity index is 2.87. The SMILES string of the molecule is CCC(N)(CC)C(=O)Nc1cc(C)cc(Br)c1. The second kappa shape index (κ2) is 5.65. The van der Waals surface area contributed by atoms with E-state index in [9.17, 15) is 4.79 Å². The maximum absolute atomic E-state index is 12.1. The van der Waals surface area contributed by atoms with Crippen molar-refractivity contribution >= 4 is 27.5 Å². The second-order valence-corrected chi connectivity index (χ2v) is 5.25. The van der Waals surface area contributed by atoms with E-state index in [2.05, 4.69) is 21.2 Å². The lowest BCUT2D eigenvalue weighted by Crippen LogP contribution is -2.50. The Bertz CT molecular complexity index is 394. The van der Waals surface area contributed by atoms with E-state index in [0.717, 1.165) is 15.7 Å². The number of rotatable bonds is 4. The van der Waals surface area contributed by atoms with Crippen molar-refractivity contribution in [3.05, 3.63) is 28.2 Å². The number of halogens is 1. The third-order valence-corrected chi connectivity index (χ3v) is 3.47.